The molecule has 3 nitrogen and oxygen atoms in total. The van der Waals surface area contributed by atoms with Crippen molar-refractivity contribution in [1.29, 1.82) is 0 Å². The highest BCUT2D eigenvalue weighted by Crippen LogP contribution is 2.12. The van der Waals surface area contributed by atoms with Crippen molar-refractivity contribution in [2.24, 2.45) is 0 Å². The zero-order valence-electron chi connectivity index (χ0n) is 12.5. The second kappa shape index (κ2) is 11.1. The summed E-state index contributed by atoms with van der Waals surface area (Å²) < 4.78 is 11.2. The van der Waals surface area contributed by atoms with Crippen LogP contribution in [0.4, 0.5) is 0 Å². The molecule has 0 bridgehead atoms. The molecule has 0 unspecified atom stereocenters. The molecule has 3 heteroatoms. The maximum absolute atomic E-state index is 5.72. The van der Waals surface area contributed by atoms with Crippen LogP contribution in [0.1, 0.15) is 63.7 Å². The topological polar surface area (TPSA) is 34.4 Å². The number of furan rings is 1. The lowest BCUT2D eigenvalue weighted by Gasteiger charge is -2.06. The Morgan fingerprint density at radius 1 is 1.11 bits per heavy atom. The third kappa shape index (κ3) is 7.38. The van der Waals surface area contributed by atoms with Gasteiger partial charge in [0.1, 0.15) is 5.76 Å². The minimum Gasteiger partial charge on any atom is -0.468 e. The van der Waals surface area contributed by atoms with Crippen LogP contribution < -0.4 is 5.32 Å². The van der Waals surface area contributed by atoms with E-state index in [9.17, 15) is 0 Å². The van der Waals surface area contributed by atoms with E-state index in [0.29, 0.717) is 6.61 Å². The van der Waals surface area contributed by atoms with Crippen molar-refractivity contribution in [3.8, 4) is 0 Å². The molecule has 0 aliphatic carbocycles. The van der Waals surface area contributed by atoms with E-state index in [-0.39, 0.29) is 0 Å². The molecule has 0 aliphatic heterocycles. The molecule has 1 heterocycles. The highest BCUT2D eigenvalue weighted by molar-refractivity contribution is 5.15. The Morgan fingerprint density at radius 3 is 2.74 bits per heavy atom. The Morgan fingerprint density at radius 2 is 1.95 bits per heavy atom. The van der Waals surface area contributed by atoms with Crippen molar-refractivity contribution < 1.29 is 9.15 Å². The Labute approximate surface area is 117 Å². The lowest BCUT2D eigenvalue weighted by atomic mass is 10.2. The van der Waals surface area contributed by atoms with Crippen LogP contribution in [0.3, 0.4) is 0 Å². The van der Waals surface area contributed by atoms with E-state index >= 15 is 0 Å². The van der Waals surface area contributed by atoms with Gasteiger partial charge in [-0.2, -0.15) is 0 Å². The number of rotatable bonds is 12. The van der Waals surface area contributed by atoms with E-state index < -0.39 is 0 Å². The van der Waals surface area contributed by atoms with E-state index in [0.717, 1.165) is 31.9 Å². The Balaban J connectivity index is 2.10. The largest absolute Gasteiger partial charge is 0.468 e. The van der Waals surface area contributed by atoms with Gasteiger partial charge in [0, 0.05) is 12.2 Å². The maximum atomic E-state index is 5.72. The van der Waals surface area contributed by atoms with Gasteiger partial charge in [0.2, 0.25) is 0 Å². The van der Waals surface area contributed by atoms with E-state index in [1.54, 1.807) is 6.26 Å². The van der Waals surface area contributed by atoms with Gasteiger partial charge >= 0.3 is 0 Å². The van der Waals surface area contributed by atoms with Gasteiger partial charge in [0.05, 0.1) is 19.4 Å². The van der Waals surface area contributed by atoms with Crippen LogP contribution in [-0.4, -0.2) is 13.2 Å². The highest BCUT2D eigenvalue weighted by atomic mass is 16.5. The molecule has 1 aromatic rings. The molecule has 0 aromatic carbocycles. The van der Waals surface area contributed by atoms with Gasteiger partial charge in [-0.3, -0.25) is 0 Å². The molecule has 1 rings (SSSR count). The third-order valence-corrected chi connectivity index (χ3v) is 3.20. The maximum Gasteiger partial charge on any atom is 0.123 e. The fourth-order valence-corrected chi connectivity index (χ4v) is 2.02. The molecule has 110 valence electrons. The predicted molar refractivity (Wildman–Crippen MR) is 79.1 cm³/mol. The van der Waals surface area contributed by atoms with Crippen LogP contribution in [0.2, 0.25) is 0 Å². The first-order valence-corrected chi connectivity index (χ1v) is 7.72. The summed E-state index contributed by atoms with van der Waals surface area (Å²) in [6.07, 6.45) is 9.31. The predicted octanol–water partition coefficient (Wildman–Crippen LogP) is 4.27. The first-order chi connectivity index (χ1) is 9.38. The summed E-state index contributed by atoms with van der Waals surface area (Å²) in [6, 6.07) is 2.01. The summed E-state index contributed by atoms with van der Waals surface area (Å²) in [5.41, 5.74) is 1.18. The van der Waals surface area contributed by atoms with Crippen molar-refractivity contribution in [2.45, 2.75) is 65.5 Å². The molecular weight excluding hydrogens is 238 g/mol. The summed E-state index contributed by atoms with van der Waals surface area (Å²) >= 11 is 0. The quantitative estimate of drug-likeness (QED) is 0.574. The number of nitrogens with one attached hydrogen (secondary N) is 1. The molecule has 0 radical (unpaired) electrons. The van der Waals surface area contributed by atoms with Gasteiger partial charge in [0.15, 0.2) is 0 Å². The fourth-order valence-electron chi connectivity index (χ4n) is 2.02. The number of ether oxygens (including phenoxy) is 1. The number of hydrogen-bond donors (Lipinski definition) is 1. The van der Waals surface area contributed by atoms with Crippen molar-refractivity contribution >= 4 is 0 Å². The zero-order chi connectivity index (χ0) is 13.8. The molecule has 1 N–H and O–H groups in total. The van der Waals surface area contributed by atoms with Gasteiger partial charge in [-0.25, -0.2) is 0 Å². The van der Waals surface area contributed by atoms with Gasteiger partial charge in [0.25, 0.3) is 0 Å². The minimum absolute atomic E-state index is 0.674. The molecule has 0 saturated heterocycles. The minimum atomic E-state index is 0.674. The van der Waals surface area contributed by atoms with Crippen LogP contribution in [0, 0.1) is 0 Å². The summed E-state index contributed by atoms with van der Waals surface area (Å²) in [5.74, 6) is 1.01. The Kier molecular flexibility index (Phi) is 9.46. The molecule has 0 atom stereocenters. The van der Waals surface area contributed by atoms with Gasteiger partial charge in [-0.05, 0) is 25.5 Å². The van der Waals surface area contributed by atoms with Crippen molar-refractivity contribution in [1.82, 2.24) is 5.32 Å². The SMILES string of the molecule is CCCCCCCOCc1ccoc1CNCCC. The van der Waals surface area contributed by atoms with Crippen molar-refractivity contribution in [3.05, 3.63) is 23.7 Å². The molecule has 0 spiro atoms. The normalized spacial score (nSPS) is 11.1. The molecule has 0 aliphatic rings. The van der Waals surface area contributed by atoms with Crippen molar-refractivity contribution in [2.75, 3.05) is 13.2 Å². The summed E-state index contributed by atoms with van der Waals surface area (Å²) in [5, 5.41) is 3.35. The lowest BCUT2D eigenvalue weighted by Crippen LogP contribution is -2.14. The smallest absolute Gasteiger partial charge is 0.123 e. The van der Waals surface area contributed by atoms with Gasteiger partial charge < -0.3 is 14.5 Å². The molecular formula is C16H29NO2. The first-order valence-electron chi connectivity index (χ1n) is 7.72. The second-order valence-electron chi connectivity index (χ2n) is 5.01. The molecule has 0 fully saturated rings. The van der Waals surface area contributed by atoms with Crippen LogP contribution in [0.25, 0.3) is 0 Å². The second-order valence-corrected chi connectivity index (χ2v) is 5.01. The van der Waals surface area contributed by atoms with E-state index in [1.165, 1.54) is 37.7 Å². The molecule has 0 amide bonds. The van der Waals surface area contributed by atoms with E-state index in [2.05, 4.69) is 19.2 Å². The average Bonchev–Trinajstić information content (AvgIpc) is 2.86. The lowest BCUT2D eigenvalue weighted by molar-refractivity contribution is 0.115. The Bertz CT molecular complexity index is 309. The standard InChI is InChI=1S/C16H29NO2/c1-3-5-6-7-8-11-18-14-15-9-12-19-16(15)13-17-10-4-2/h9,12,17H,3-8,10-11,13-14H2,1-2H3. The van der Waals surface area contributed by atoms with Crippen LogP contribution in [0.15, 0.2) is 16.7 Å². The average molecular weight is 267 g/mol. The zero-order valence-corrected chi connectivity index (χ0v) is 12.5. The summed E-state index contributed by atoms with van der Waals surface area (Å²) in [6.45, 7) is 7.76. The third-order valence-electron chi connectivity index (χ3n) is 3.20. The first kappa shape index (κ1) is 16.3. The molecule has 0 saturated carbocycles. The summed E-state index contributed by atoms with van der Waals surface area (Å²) in [7, 11) is 0. The van der Waals surface area contributed by atoms with Gasteiger partial charge in [-0.1, -0.05) is 39.5 Å². The van der Waals surface area contributed by atoms with E-state index in [4.69, 9.17) is 9.15 Å². The molecule has 1 aromatic heterocycles. The monoisotopic (exact) mass is 267 g/mol. The highest BCUT2D eigenvalue weighted by Gasteiger charge is 2.05. The van der Waals surface area contributed by atoms with Crippen LogP contribution >= 0.6 is 0 Å². The van der Waals surface area contributed by atoms with Crippen molar-refractivity contribution in [3.63, 3.8) is 0 Å². The van der Waals surface area contributed by atoms with E-state index in [1.807, 2.05) is 6.07 Å². The number of unbranched alkanes of at least 4 members (excludes halogenated alkanes) is 4. The molecule has 19 heavy (non-hydrogen) atoms. The van der Waals surface area contributed by atoms with Gasteiger partial charge in [-0.15, -0.1) is 0 Å². The van der Waals surface area contributed by atoms with Crippen LogP contribution in [-0.2, 0) is 17.9 Å². The summed E-state index contributed by atoms with van der Waals surface area (Å²) in [4.78, 5) is 0. The Hall–Kier alpha value is -0.800. The fraction of sp³-hybridized carbons (Fsp3) is 0.750. The van der Waals surface area contributed by atoms with Crippen LogP contribution in [0.5, 0.6) is 0 Å². The number of hydrogen-bond acceptors (Lipinski definition) is 3.